The van der Waals surface area contributed by atoms with E-state index in [-0.39, 0.29) is 18.4 Å². The van der Waals surface area contributed by atoms with Crippen LogP contribution in [-0.4, -0.2) is 31.6 Å². The maximum atomic E-state index is 12.6. The molecule has 6 nitrogen and oxygen atoms in total. The van der Waals surface area contributed by atoms with Crippen LogP contribution in [0.3, 0.4) is 0 Å². The van der Waals surface area contributed by atoms with Crippen LogP contribution >= 0.6 is 0 Å². The largest absolute Gasteiger partial charge is 0.494 e. The van der Waals surface area contributed by atoms with Gasteiger partial charge in [-0.15, -0.1) is 0 Å². The fraction of sp³-hybridized carbons (Fsp3) is 0.290. The van der Waals surface area contributed by atoms with Gasteiger partial charge < -0.3 is 19.7 Å². The van der Waals surface area contributed by atoms with E-state index in [2.05, 4.69) is 50.4 Å². The summed E-state index contributed by atoms with van der Waals surface area (Å²) in [5.74, 6) is 1.54. The van der Waals surface area contributed by atoms with E-state index in [4.69, 9.17) is 9.47 Å². The molecular formula is C31H34N2O4. The lowest BCUT2D eigenvalue weighted by Crippen LogP contribution is -2.39. The SMILES string of the molecule is CCc1ccc(OCCCN2C(=O)COc3ccc(NC(=O)/C=C/c4ccc(C(C)C)cc4)cc32)cc1. The fourth-order valence-corrected chi connectivity index (χ4v) is 4.11. The number of carbonyl (C=O) groups excluding carboxylic acids is 2. The maximum absolute atomic E-state index is 12.6. The Morgan fingerprint density at radius 3 is 2.54 bits per heavy atom. The van der Waals surface area contributed by atoms with Crippen LogP contribution in [0.25, 0.3) is 6.08 Å². The van der Waals surface area contributed by atoms with Crippen molar-refractivity contribution in [1.29, 1.82) is 0 Å². The molecule has 0 aromatic heterocycles. The van der Waals surface area contributed by atoms with E-state index < -0.39 is 0 Å². The summed E-state index contributed by atoms with van der Waals surface area (Å²) in [6.07, 6.45) is 4.94. The van der Waals surface area contributed by atoms with Crippen LogP contribution in [0.15, 0.2) is 72.8 Å². The van der Waals surface area contributed by atoms with Gasteiger partial charge in [-0.25, -0.2) is 0 Å². The molecule has 3 aromatic carbocycles. The number of ether oxygens (including phenoxy) is 2. The number of hydrogen-bond donors (Lipinski definition) is 1. The molecule has 6 heteroatoms. The number of aryl methyl sites for hydroxylation is 1. The lowest BCUT2D eigenvalue weighted by molar-refractivity contribution is -0.121. The third-order valence-corrected chi connectivity index (χ3v) is 6.33. The highest BCUT2D eigenvalue weighted by molar-refractivity contribution is 6.03. The van der Waals surface area contributed by atoms with Gasteiger partial charge in [0, 0.05) is 18.3 Å². The molecule has 1 N–H and O–H groups in total. The van der Waals surface area contributed by atoms with Gasteiger partial charge in [0.1, 0.15) is 11.5 Å². The predicted octanol–water partition coefficient (Wildman–Crippen LogP) is 6.22. The van der Waals surface area contributed by atoms with E-state index >= 15 is 0 Å². The molecule has 0 aliphatic carbocycles. The van der Waals surface area contributed by atoms with Crippen molar-refractivity contribution >= 4 is 29.3 Å². The zero-order valence-corrected chi connectivity index (χ0v) is 21.7. The topological polar surface area (TPSA) is 67.9 Å². The lowest BCUT2D eigenvalue weighted by Gasteiger charge is -2.29. The summed E-state index contributed by atoms with van der Waals surface area (Å²) < 4.78 is 11.4. The molecule has 1 heterocycles. The van der Waals surface area contributed by atoms with Crippen molar-refractivity contribution in [3.63, 3.8) is 0 Å². The first-order chi connectivity index (χ1) is 17.9. The molecule has 2 amide bonds. The molecule has 3 aromatic rings. The number of carbonyl (C=O) groups is 2. The third kappa shape index (κ3) is 7.00. The molecule has 0 bridgehead atoms. The van der Waals surface area contributed by atoms with E-state index in [1.165, 1.54) is 17.2 Å². The first-order valence-corrected chi connectivity index (χ1v) is 12.8. The third-order valence-electron chi connectivity index (χ3n) is 6.33. The second-order valence-electron chi connectivity index (χ2n) is 9.36. The van der Waals surface area contributed by atoms with E-state index in [0.717, 1.165) is 17.7 Å². The number of nitrogens with one attached hydrogen (secondary N) is 1. The highest BCUT2D eigenvalue weighted by atomic mass is 16.5. The van der Waals surface area contributed by atoms with Crippen LogP contribution in [0.5, 0.6) is 11.5 Å². The minimum Gasteiger partial charge on any atom is -0.494 e. The number of amides is 2. The molecule has 0 atom stereocenters. The van der Waals surface area contributed by atoms with Crippen LogP contribution < -0.4 is 19.7 Å². The summed E-state index contributed by atoms with van der Waals surface area (Å²) in [6, 6.07) is 21.6. The zero-order chi connectivity index (χ0) is 26.2. The van der Waals surface area contributed by atoms with E-state index in [1.807, 2.05) is 24.3 Å². The molecule has 1 aliphatic heterocycles. The molecule has 0 fully saturated rings. The summed E-state index contributed by atoms with van der Waals surface area (Å²) in [5.41, 5.74) is 4.73. The van der Waals surface area contributed by atoms with Gasteiger partial charge >= 0.3 is 0 Å². The van der Waals surface area contributed by atoms with Crippen LogP contribution in [0.4, 0.5) is 11.4 Å². The molecule has 37 heavy (non-hydrogen) atoms. The molecule has 0 spiro atoms. The number of nitrogens with zero attached hydrogens (tertiary/aromatic N) is 1. The van der Waals surface area contributed by atoms with Gasteiger partial charge in [-0.1, -0.05) is 57.2 Å². The van der Waals surface area contributed by atoms with Gasteiger partial charge in [0.2, 0.25) is 5.91 Å². The Morgan fingerprint density at radius 1 is 1.08 bits per heavy atom. The number of rotatable bonds is 10. The maximum Gasteiger partial charge on any atom is 0.265 e. The van der Waals surface area contributed by atoms with E-state index in [0.29, 0.717) is 42.6 Å². The molecule has 0 saturated heterocycles. The average molecular weight is 499 g/mol. The first kappa shape index (κ1) is 26.0. The van der Waals surface area contributed by atoms with Gasteiger partial charge in [-0.2, -0.15) is 0 Å². The Hall–Kier alpha value is -4.06. The predicted molar refractivity (Wildman–Crippen MR) is 148 cm³/mol. The summed E-state index contributed by atoms with van der Waals surface area (Å²) in [6.45, 7) is 7.40. The summed E-state index contributed by atoms with van der Waals surface area (Å²) >= 11 is 0. The molecule has 192 valence electrons. The van der Waals surface area contributed by atoms with Crippen LogP contribution in [0, 0.1) is 0 Å². The molecule has 0 radical (unpaired) electrons. The Balaban J connectivity index is 1.35. The fourth-order valence-electron chi connectivity index (χ4n) is 4.11. The van der Waals surface area contributed by atoms with Gasteiger partial charge in [0.25, 0.3) is 5.91 Å². The summed E-state index contributed by atoms with van der Waals surface area (Å²) in [7, 11) is 0. The number of fused-ring (bicyclic) bond motifs is 1. The molecular weight excluding hydrogens is 464 g/mol. The molecule has 0 saturated carbocycles. The first-order valence-electron chi connectivity index (χ1n) is 12.8. The van der Waals surface area contributed by atoms with Crippen molar-refractivity contribution in [1.82, 2.24) is 0 Å². The van der Waals surface area contributed by atoms with Crippen molar-refractivity contribution < 1.29 is 19.1 Å². The van der Waals surface area contributed by atoms with Gasteiger partial charge in [-0.3, -0.25) is 9.59 Å². The van der Waals surface area contributed by atoms with Crippen molar-refractivity contribution in [3.8, 4) is 11.5 Å². The van der Waals surface area contributed by atoms with Gasteiger partial charge in [-0.05, 0) is 71.9 Å². The smallest absolute Gasteiger partial charge is 0.265 e. The quantitative estimate of drug-likeness (QED) is 0.266. The second kappa shape index (κ2) is 12.3. The summed E-state index contributed by atoms with van der Waals surface area (Å²) in [4.78, 5) is 26.8. The standard InChI is InChI=1S/C31H34N2O4/c1-4-23-8-14-27(15-9-23)36-19-5-18-33-28-20-26(13-16-29(28)37-21-31(33)35)32-30(34)17-10-24-6-11-25(12-7-24)22(2)3/h6-17,20,22H,4-5,18-19,21H2,1-3H3,(H,32,34)/b17-10+. The van der Waals surface area contributed by atoms with E-state index in [9.17, 15) is 9.59 Å². The normalized spacial score (nSPS) is 13.0. The van der Waals surface area contributed by atoms with Gasteiger partial charge in [0.15, 0.2) is 6.61 Å². The minimum absolute atomic E-state index is 0.00359. The van der Waals surface area contributed by atoms with Crippen LogP contribution in [0.2, 0.25) is 0 Å². The van der Waals surface area contributed by atoms with E-state index in [1.54, 1.807) is 29.2 Å². The lowest BCUT2D eigenvalue weighted by atomic mass is 10.0. The monoisotopic (exact) mass is 498 g/mol. The van der Waals surface area contributed by atoms with Crippen LogP contribution in [-0.2, 0) is 16.0 Å². The highest BCUT2D eigenvalue weighted by Gasteiger charge is 2.25. The second-order valence-corrected chi connectivity index (χ2v) is 9.36. The number of hydrogen-bond acceptors (Lipinski definition) is 4. The van der Waals surface area contributed by atoms with Crippen molar-refractivity contribution in [2.75, 3.05) is 30.0 Å². The highest BCUT2D eigenvalue weighted by Crippen LogP contribution is 2.34. The molecule has 1 aliphatic rings. The molecule has 0 unspecified atom stereocenters. The minimum atomic E-state index is -0.245. The Bertz CT molecular complexity index is 1250. The number of benzene rings is 3. The van der Waals surface area contributed by atoms with Crippen molar-refractivity contribution in [2.45, 2.75) is 39.5 Å². The summed E-state index contributed by atoms with van der Waals surface area (Å²) in [5, 5.41) is 2.88. The Labute approximate surface area is 218 Å². The Morgan fingerprint density at radius 2 is 1.84 bits per heavy atom. The van der Waals surface area contributed by atoms with Gasteiger partial charge in [0.05, 0.1) is 12.3 Å². The number of anilines is 2. The van der Waals surface area contributed by atoms with Crippen molar-refractivity contribution in [3.05, 3.63) is 89.5 Å². The van der Waals surface area contributed by atoms with Crippen molar-refractivity contribution in [2.24, 2.45) is 0 Å². The van der Waals surface area contributed by atoms with Crippen LogP contribution in [0.1, 0.15) is 49.8 Å². The Kier molecular flexibility index (Phi) is 8.62. The zero-order valence-electron chi connectivity index (χ0n) is 21.7. The average Bonchev–Trinajstić information content (AvgIpc) is 2.91. The molecule has 4 rings (SSSR count).